The van der Waals surface area contributed by atoms with Crippen LogP contribution in [0.3, 0.4) is 0 Å². The van der Waals surface area contributed by atoms with Gasteiger partial charge in [-0.3, -0.25) is 0 Å². The van der Waals surface area contributed by atoms with Crippen molar-refractivity contribution >= 4 is 17.0 Å². The minimum absolute atomic E-state index is 0.197. The predicted molar refractivity (Wildman–Crippen MR) is 103 cm³/mol. The van der Waals surface area contributed by atoms with E-state index in [1.54, 1.807) is 37.3 Å². The van der Waals surface area contributed by atoms with Crippen molar-refractivity contribution in [3.63, 3.8) is 0 Å². The number of hydrogen-bond donors (Lipinski definition) is 2. The second-order valence-corrected chi connectivity index (χ2v) is 6.49. The summed E-state index contributed by atoms with van der Waals surface area (Å²) in [6, 6.07) is 13.8. The highest BCUT2D eigenvalue weighted by Gasteiger charge is 2.06. The Kier molecular flexibility index (Phi) is 5.64. The van der Waals surface area contributed by atoms with E-state index in [4.69, 9.17) is 0 Å². The van der Waals surface area contributed by atoms with E-state index in [9.17, 15) is 14.6 Å². The quantitative estimate of drug-likeness (QED) is 0.592. The van der Waals surface area contributed by atoms with Gasteiger partial charge in [-0.15, -0.1) is 0 Å². The first kappa shape index (κ1) is 18.1. The standard InChI is InChI=1S/C22H22FNO2/c1-15(25)5-3-2-4-6-16-7-8-18(14-20(16)23)21-11-9-17-13-19(26)10-12-22(17)24-21/h4,6-15,25-26H,2-3,5H2,1H3/b6-4+. The maximum atomic E-state index is 14.4. The molecular weight excluding hydrogens is 329 g/mol. The van der Waals surface area contributed by atoms with Gasteiger partial charge in [0.15, 0.2) is 0 Å². The highest BCUT2D eigenvalue weighted by molar-refractivity contribution is 5.82. The van der Waals surface area contributed by atoms with Crippen LogP contribution < -0.4 is 0 Å². The van der Waals surface area contributed by atoms with Crippen molar-refractivity contribution < 1.29 is 14.6 Å². The largest absolute Gasteiger partial charge is 0.508 e. The Morgan fingerprint density at radius 1 is 1.12 bits per heavy atom. The van der Waals surface area contributed by atoms with Gasteiger partial charge < -0.3 is 10.2 Å². The first-order valence-electron chi connectivity index (χ1n) is 8.77. The molecule has 3 nitrogen and oxygen atoms in total. The number of aliphatic hydroxyl groups is 1. The monoisotopic (exact) mass is 351 g/mol. The predicted octanol–water partition coefficient (Wildman–Crippen LogP) is 5.31. The van der Waals surface area contributed by atoms with Crippen LogP contribution >= 0.6 is 0 Å². The minimum atomic E-state index is -0.294. The molecule has 3 aromatic rings. The molecule has 3 rings (SSSR count). The van der Waals surface area contributed by atoms with Crippen LogP contribution in [0.2, 0.25) is 0 Å². The highest BCUT2D eigenvalue weighted by atomic mass is 19.1. The molecule has 0 spiro atoms. The number of benzene rings is 2. The van der Waals surface area contributed by atoms with E-state index in [1.165, 1.54) is 6.07 Å². The van der Waals surface area contributed by atoms with Crippen LogP contribution in [0, 0.1) is 5.82 Å². The molecule has 0 aliphatic carbocycles. The molecule has 1 aromatic heterocycles. The number of halogens is 1. The van der Waals surface area contributed by atoms with Gasteiger partial charge in [0.05, 0.1) is 17.3 Å². The zero-order valence-electron chi connectivity index (χ0n) is 14.7. The van der Waals surface area contributed by atoms with Crippen molar-refractivity contribution in [1.82, 2.24) is 4.98 Å². The molecule has 26 heavy (non-hydrogen) atoms. The molecule has 0 amide bonds. The van der Waals surface area contributed by atoms with Gasteiger partial charge in [-0.1, -0.05) is 30.4 Å². The van der Waals surface area contributed by atoms with Gasteiger partial charge in [0.2, 0.25) is 0 Å². The van der Waals surface area contributed by atoms with E-state index in [0.717, 1.165) is 30.2 Å². The number of unbranched alkanes of at least 4 members (excludes halogenated alkanes) is 1. The van der Waals surface area contributed by atoms with E-state index in [-0.39, 0.29) is 17.7 Å². The smallest absolute Gasteiger partial charge is 0.131 e. The maximum Gasteiger partial charge on any atom is 0.131 e. The molecular formula is C22H22FNO2. The number of fused-ring (bicyclic) bond motifs is 1. The Morgan fingerprint density at radius 2 is 1.96 bits per heavy atom. The molecule has 2 N–H and O–H groups in total. The molecule has 1 unspecified atom stereocenters. The Bertz CT molecular complexity index is 935. The average Bonchev–Trinajstić information content (AvgIpc) is 2.62. The summed E-state index contributed by atoms with van der Waals surface area (Å²) in [5.74, 6) is -0.0930. The summed E-state index contributed by atoms with van der Waals surface area (Å²) in [6.45, 7) is 1.77. The van der Waals surface area contributed by atoms with Crippen LogP contribution in [-0.4, -0.2) is 21.3 Å². The van der Waals surface area contributed by atoms with Gasteiger partial charge in [-0.2, -0.15) is 0 Å². The molecule has 2 aromatic carbocycles. The second-order valence-electron chi connectivity index (χ2n) is 6.49. The minimum Gasteiger partial charge on any atom is -0.508 e. The molecule has 0 fully saturated rings. The molecule has 0 aliphatic rings. The Balaban J connectivity index is 1.76. The van der Waals surface area contributed by atoms with E-state index in [1.807, 2.05) is 24.3 Å². The SMILES string of the molecule is CC(O)CCC/C=C/c1ccc(-c2ccc3cc(O)ccc3n2)cc1F. The fourth-order valence-corrected chi connectivity index (χ4v) is 2.84. The van der Waals surface area contributed by atoms with Gasteiger partial charge >= 0.3 is 0 Å². The highest BCUT2D eigenvalue weighted by Crippen LogP contribution is 2.25. The lowest BCUT2D eigenvalue weighted by Gasteiger charge is -2.06. The zero-order chi connectivity index (χ0) is 18.5. The summed E-state index contributed by atoms with van der Waals surface area (Å²) in [4.78, 5) is 4.54. The maximum absolute atomic E-state index is 14.4. The van der Waals surface area contributed by atoms with Crippen LogP contribution in [-0.2, 0) is 0 Å². The lowest BCUT2D eigenvalue weighted by Crippen LogP contribution is -1.97. The van der Waals surface area contributed by atoms with Crippen molar-refractivity contribution in [2.24, 2.45) is 0 Å². The molecule has 0 aliphatic heterocycles. The summed E-state index contributed by atoms with van der Waals surface area (Å²) in [7, 11) is 0. The molecule has 0 radical (unpaired) electrons. The van der Waals surface area contributed by atoms with Crippen LogP contribution in [0.15, 0.2) is 54.6 Å². The lowest BCUT2D eigenvalue weighted by molar-refractivity contribution is 0.182. The van der Waals surface area contributed by atoms with Crippen LogP contribution in [0.25, 0.3) is 28.2 Å². The van der Waals surface area contributed by atoms with E-state index >= 15 is 0 Å². The van der Waals surface area contributed by atoms with Gasteiger partial charge in [0.25, 0.3) is 0 Å². The molecule has 0 saturated heterocycles. The molecule has 1 atom stereocenters. The van der Waals surface area contributed by atoms with E-state index in [2.05, 4.69) is 4.98 Å². The third kappa shape index (κ3) is 4.46. The molecule has 1 heterocycles. The number of aromatic nitrogens is 1. The van der Waals surface area contributed by atoms with Gasteiger partial charge in [-0.05, 0) is 56.5 Å². The van der Waals surface area contributed by atoms with Crippen molar-refractivity contribution in [2.75, 3.05) is 0 Å². The topological polar surface area (TPSA) is 53.4 Å². The second kappa shape index (κ2) is 8.11. The lowest BCUT2D eigenvalue weighted by atomic mass is 10.1. The van der Waals surface area contributed by atoms with Crippen LogP contribution in [0.5, 0.6) is 5.75 Å². The fraction of sp³-hybridized carbons (Fsp3) is 0.227. The number of pyridine rings is 1. The summed E-state index contributed by atoms with van der Waals surface area (Å²) in [5.41, 5.74) is 2.69. The normalized spacial score (nSPS) is 12.7. The first-order valence-corrected chi connectivity index (χ1v) is 8.77. The van der Waals surface area contributed by atoms with E-state index in [0.29, 0.717) is 16.8 Å². The number of aliphatic hydroxyl groups excluding tert-OH is 1. The summed E-state index contributed by atoms with van der Waals surface area (Å²) >= 11 is 0. The van der Waals surface area contributed by atoms with Crippen molar-refractivity contribution in [3.05, 3.63) is 66.0 Å². The number of nitrogens with zero attached hydrogens (tertiary/aromatic N) is 1. The number of phenols is 1. The van der Waals surface area contributed by atoms with E-state index < -0.39 is 0 Å². The van der Waals surface area contributed by atoms with Gasteiger partial charge in [0.1, 0.15) is 11.6 Å². The number of allylic oxidation sites excluding steroid dienone is 1. The van der Waals surface area contributed by atoms with Gasteiger partial charge in [-0.25, -0.2) is 9.37 Å². The third-order valence-corrected chi connectivity index (χ3v) is 4.26. The Labute approximate surface area is 152 Å². The first-order chi connectivity index (χ1) is 12.5. The number of rotatable bonds is 6. The van der Waals surface area contributed by atoms with Crippen molar-refractivity contribution in [1.29, 1.82) is 0 Å². The van der Waals surface area contributed by atoms with Crippen LogP contribution in [0.1, 0.15) is 31.7 Å². The van der Waals surface area contributed by atoms with Crippen molar-refractivity contribution in [3.8, 4) is 17.0 Å². The molecule has 4 heteroatoms. The summed E-state index contributed by atoms with van der Waals surface area (Å²) < 4.78 is 14.4. The van der Waals surface area contributed by atoms with Crippen LogP contribution in [0.4, 0.5) is 4.39 Å². The van der Waals surface area contributed by atoms with Crippen molar-refractivity contribution in [2.45, 2.75) is 32.3 Å². The zero-order valence-corrected chi connectivity index (χ0v) is 14.7. The molecule has 0 saturated carbocycles. The number of phenolic OH excluding ortho intramolecular Hbond substituents is 1. The number of hydrogen-bond acceptors (Lipinski definition) is 3. The number of aromatic hydroxyl groups is 1. The third-order valence-electron chi connectivity index (χ3n) is 4.26. The van der Waals surface area contributed by atoms with Gasteiger partial charge in [0, 0.05) is 16.5 Å². The fourth-order valence-electron chi connectivity index (χ4n) is 2.84. The average molecular weight is 351 g/mol. The summed E-state index contributed by atoms with van der Waals surface area (Å²) in [6.07, 6.45) is 5.85. The summed E-state index contributed by atoms with van der Waals surface area (Å²) in [5, 5.41) is 19.6. The molecule has 134 valence electrons. The Hall–Kier alpha value is -2.72. The molecule has 0 bridgehead atoms. The Morgan fingerprint density at radius 3 is 2.73 bits per heavy atom.